The van der Waals surface area contributed by atoms with E-state index in [0.29, 0.717) is 29.4 Å². The summed E-state index contributed by atoms with van der Waals surface area (Å²) in [5.41, 5.74) is 4.26. The Morgan fingerprint density at radius 2 is 1.77 bits per heavy atom. The molecular weight excluding hydrogens is 404 g/mol. The molecule has 0 bridgehead atoms. The van der Waals surface area contributed by atoms with Crippen LogP contribution in [0.2, 0.25) is 0 Å². The number of esters is 1. The summed E-state index contributed by atoms with van der Waals surface area (Å²) in [7, 11) is 3.10. The van der Waals surface area contributed by atoms with Gasteiger partial charge in [0.25, 0.3) is 0 Å². The summed E-state index contributed by atoms with van der Waals surface area (Å²) in [5.74, 6) is 1.55. The monoisotopic (exact) mass is 422 g/mol. The third-order valence-corrected chi connectivity index (χ3v) is 4.91. The van der Waals surface area contributed by atoms with Crippen molar-refractivity contribution in [3.8, 4) is 17.2 Å². The van der Waals surface area contributed by atoms with Gasteiger partial charge in [-0.2, -0.15) is 0 Å². The van der Waals surface area contributed by atoms with Crippen molar-refractivity contribution in [3.05, 3.63) is 75.9 Å². The molecule has 8 heteroatoms. The van der Waals surface area contributed by atoms with Crippen LogP contribution in [0.25, 0.3) is 6.08 Å². The van der Waals surface area contributed by atoms with E-state index in [0.717, 1.165) is 11.3 Å². The lowest BCUT2D eigenvalue weighted by Crippen LogP contribution is -2.06. The van der Waals surface area contributed by atoms with Crippen LogP contribution in [-0.2, 0) is 16.1 Å². The molecule has 0 saturated heterocycles. The minimum absolute atomic E-state index is 0.201. The fraction of sp³-hybridized carbons (Fsp3) is 0.136. The van der Waals surface area contributed by atoms with E-state index in [-0.39, 0.29) is 11.6 Å². The average molecular weight is 422 g/mol. The van der Waals surface area contributed by atoms with Gasteiger partial charge in [-0.15, -0.1) is 11.3 Å². The Kier molecular flexibility index (Phi) is 5.76. The lowest BCUT2D eigenvalue weighted by Gasteiger charge is -2.07. The van der Waals surface area contributed by atoms with Gasteiger partial charge >= 0.3 is 5.97 Å². The van der Waals surface area contributed by atoms with Crippen LogP contribution in [0.4, 0.5) is 0 Å². The van der Waals surface area contributed by atoms with Gasteiger partial charge in [-0.3, -0.25) is 0 Å². The maximum Gasteiger partial charge on any atom is 0.363 e. The molecule has 2 heterocycles. The molecule has 0 radical (unpaired) electrons. The SMILES string of the molecule is COc1cc(OC)cc(C2=N/C(=C\c3ccc(OCc4cscn4)cc3)C(=O)O2)c1. The highest BCUT2D eigenvalue weighted by Gasteiger charge is 2.25. The van der Waals surface area contributed by atoms with E-state index in [9.17, 15) is 4.79 Å². The molecule has 7 nitrogen and oxygen atoms in total. The summed E-state index contributed by atoms with van der Waals surface area (Å²) < 4.78 is 21.5. The first-order valence-corrected chi connectivity index (χ1v) is 9.95. The fourth-order valence-corrected chi connectivity index (χ4v) is 3.29. The van der Waals surface area contributed by atoms with Crippen molar-refractivity contribution < 1.29 is 23.7 Å². The number of ether oxygens (including phenoxy) is 4. The van der Waals surface area contributed by atoms with E-state index in [1.54, 1.807) is 44.0 Å². The number of thiazole rings is 1. The topological polar surface area (TPSA) is 79.2 Å². The molecule has 0 amide bonds. The zero-order chi connectivity index (χ0) is 20.9. The molecule has 3 aromatic rings. The van der Waals surface area contributed by atoms with Crippen LogP contribution in [0.1, 0.15) is 16.8 Å². The average Bonchev–Trinajstić information content (AvgIpc) is 3.43. The molecule has 0 aliphatic carbocycles. The summed E-state index contributed by atoms with van der Waals surface area (Å²) in [6, 6.07) is 12.5. The third kappa shape index (κ3) is 4.49. The molecule has 0 N–H and O–H groups in total. The summed E-state index contributed by atoms with van der Waals surface area (Å²) >= 11 is 1.53. The van der Waals surface area contributed by atoms with Gasteiger partial charge in [-0.25, -0.2) is 14.8 Å². The van der Waals surface area contributed by atoms with E-state index in [4.69, 9.17) is 18.9 Å². The number of methoxy groups -OCH3 is 2. The highest BCUT2D eigenvalue weighted by atomic mass is 32.1. The van der Waals surface area contributed by atoms with Crippen LogP contribution >= 0.6 is 11.3 Å². The van der Waals surface area contributed by atoms with Gasteiger partial charge in [-0.05, 0) is 35.9 Å². The smallest absolute Gasteiger partial charge is 0.363 e. The minimum atomic E-state index is -0.518. The van der Waals surface area contributed by atoms with Crippen molar-refractivity contribution in [2.75, 3.05) is 14.2 Å². The quantitative estimate of drug-likeness (QED) is 0.422. The van der Waals surface area contributed by atoms with E-state index in [2.05, 4.69) is 9.98 Å². The molecule has 1 aliphatic rings. The van der Waals surface area contributed by atoms with Gasteiger partial charge in [0.2, 0.25) is 5.90 Å². The van der Waals surface area contributed by atoms with Crippen molar-refractivity contribution in [3.63, 3.8) is 0 Å². The molecule has 1 aromatic heterocycles. The zero-order valence-corrected chi connectivity index (χ0v) is 17.1. The highest BCUT2D eigenvalue weighted by molar-refractivity contribution is 7.07. The number of hydrogen-bond acceptors (Lipinski definition) is 8. The molecule has 152 valence electrons. The lowest BCUT2D eigenvalue weighted by atomic mass is 10.2. The van der Waals surface area contributed by atoms with Crippen LogP contribution < -0.4 is 14.2 Å². The van der Waals surface area contributed by atoms with Crippen LogP contribution in [0.3, 0.4) is 0 Å². The van der Waals surface area contributed by atoms with Gasteiger partial charge in [0, 0.05) is 17.0 Å². The van der Waals surface area contributed by atoms with Crippen LogP contribution in [0.5, 0.6) is 17.2 Å². The maximum absolute atomic E-state index is 12.3. The highest BCUT2D eigenvalue weighted by Crippen LogP contribution is 2.26. The number of hydrogen-bond donors (Lipinski definition) is 0. The second kappa shape index (κ2) is 8.79. The van der Waals surface area contributed by atoms with Crippen molar-refractivity contribution >= 4 is 29.3 Å². The van der Waals surface area contributed by atoms with Gasteiger partial charge in [0.15, 0.2) is 5.70 Å². The Labute approximate surface area is 177 Å². The Balaban J connectivity index is 1.51. The van der Waals surface area contributed by atoms with E-state index in [1.165, 1.54) is 11.3 Å². The molecule has 30 heavy (non-hydrogen) atoms. The number of cyclic esters (lactones) is 1. The summed E-state index contributed by atoms with van der Waals surface area (Å²) in [5, 5.41) is 1.94. The number of benzene rings is 2. The predicted molar refractivity (Wildman–Crippen MR) is 113 cm³/mol. The number of rotatable bonds is 7. The first-order chi connectivity index (χ1) is 14.6. The number of aromatic nitrogens is 1. The summed E-state index contributed by atoms with van der Waals surface area (Å²) in [6.45, 7) is 0.411. The number of nitrogens with zero attached hydrogens (tertiary/aromatic N) is 2. The molecular formula is C22H18N2O5S. The molecule has 0 spiro atoms. The maximum atomic E-state index is 12.3. The number of aliphatic imine (C=N–C) groups is 1. The molecule has 4 rings (SSSR count). The Morgan fingerprint density at radius 3 is 2.40 bits per heavy atom. The van der Waals surface area contributed by atoms with E-state index < -0.39 is 5.97 Å². The Bertz CT molecular complexity index is 1080. The Hall–Kier alpha value is -3.65. The van der Waals surface area contributed by atoms with Gasteiger partial charge in [0.1, 0.15) is 23.9 Å². The zero-order valence-electron chi connectivity index (χ0n) is 16.3. The van der Waals surface area contributed by atoms with Crippen LogP contribution in [0, 0.1) is 0 Å². The molecule has 2 aromatic carbocycles. The summed E-state index contributed by atoms with van der Waals surface area (Å²) in [4.78, 5) is 20.8. The molecule has 0 fully saturated rings. The standard InChI is InChI=1S/C22H18N2O5S/c1-26-18-8-15(9-19(10-18)27-2)21-24-20(22(25)29-21)7-14-3-5-17(6-4-14)28-11-16-12-30-13-23-16/h3-10,12-13H,11H2,1-2H3/b20-7-. The second-order valence-electron chi connectivity index (χ2n) is 6.27. The summed E-state index contributed by atoms with van der Waals surface area (Å²) in [6.07, 6.45) is 1.66. The minimum Gasteiger partial charge on any atom is -0.497 e. The second-order valence-corrected chi connectivity index (χ2v) is 6.99. The van der Waals surface area contributed by atoms with E-state index in [1.807, 2.05) is 29.6 Å². The first kappa shape index (κ1) is 19.7. The molecule has 1 aliphatic heterocycles. The first-order valence-electron chi connectivity index (χ1n) is 9.00. The predicted octanol–water partition coefficient (Wildman–Crippen LogP) is 4.08. The van der Waals surface area contributed by atoms with Crippen LogP contribution in [0.15, 0.2) is 64.0 Å². The number of carbonyl (C=O) groups is 1. The molecule has 0 atom stereocenters. The van der Waals surface area contributed by atoms with Crippen molar-refractivity contribution in [2.45, 2.75) is 6.61 Å². The van der Waals surface area contributed by atoms with Gasteiger partial charge in [0.05, 0.1) is 25.4 Å². The van der Waals surface area contributed by atoms with E-state index >= 15 is 0 Å². The lowest BCUT2D eigenvalue weighted by molar-refractivity contribution is -0.129. The van der Waals surface area contributed by atoms with Crippen molar-refractivity contribution in [1.29, 1.82) is 0 Å². The molecule has 0 unspecified atom stereocenters. The normalized spacial score (nSPS) is 14.4. The van der Waals surface area contributed by atoms with Crippen molar-refractivity contribution in [2.24, 2.45) is 4.99 Å². The fourth-order valence-electron chi connectivity index (χ4n) is 2.75. The largest absolute Gasteiger partial charge is 0.497 e. The van der Waals surface area contributed by atoms with Crippen LogP contribution in [-0.4, -0.2) is 31.1 Å². The van der Waals surface area contributed by atoms with Crippen molar-refractivity contribution in [1.82, 2.24) is 4.98 Å². The number of carbonyl (C=O) groups excluding carboxylic acids is 1. The van der Waals surface area contributed by atoms with Gasteiger partial charge in [-0.1, -0.05) is 12.1 Å². The third-order valence-electron chi connectivity index (χ3n) is 4.27. The van der Waals surface area contributed by atoms with Gasteiger partial charge < -0.3 is 18.9 Å². The Morgan fingerprint density at radius 1 is 1.03 bits per heavy atom. The molecule has 0 saturated carbocycles.